The van der Waals surface area contributed by atoms with E-state index in [1.165, 1.54) is 11.7 Å². The summed E-state index contributed by atoms with van der Waals surface area (Å²) in [7, 11) is 2.83. The summed E-state index contributed by atoms with van der Waals surface area (Å²) in [5, 5.41) is 3.57. The fraction of sp³-hybridized carbons (Fsp3) is 0.179. The van der Waals surface area contributed by atoms with E-state index in [1.54, 1.807) is 37.4 Å². The van der Waals surface area contributed by atoms with E-state index in [-0.39, 0.29) is 17.7 Å². The molecule has 0 aliphatic rings. The van der Waals surface area contributed by atoms with Gasteiger partial charge in [0.1, 0.15) is 12.3 Å². The van der Waals surface area contributed by atoms with E-state index in [0.29, 0.717) is 35.4 Å². The van der Waals surface area contributed by atoms with Crippen LogP contribution in [-0.4, -0.2) is 30.7 Å². The van der Waals surface area contributed by atoms with Gasteiger partial charge in [-0.3, -0.25) is 14.2 Å². The first-order chi connectivity index (χ1) is 17.0. The Morgan fingerprint density at radius 1 is 0.886 bits per heavy atom. The van der Waals surface area contributed by atoms with Gasteiger partial charge in [-0.05, 0) is 54.1 Å². The van der Waals surface area contributed by atoms with Crippen LogP contribution in [0, 0.1) is 0 Å². The van der Waals surface area contributed by atoms with Crippen molar-refractivity contribution in [2.24, 2.45) is 0 Å². The highest BCUT2D eigenvalue weighted by Crippen LogP contribution is 2.22. The molecule has 0 fully saturated rings. The second-order valence-corrected chi connectivity index (χ2v) is 8.06. The van der Waals surface area contributed by atoms with Gasteiger partial charge < -0.3 is 14.8 Å². The number of anilines is 1. The molecule has 0 spiro atoms. The van der Waals surface area contributed by atoms with Crippen molar-refractivity contribution in [3.05, 3.63) is 106 Å². The van der Waals surface area contributed by atoms with Crippen LogP contribution in [-0.2, 0) is 28.9 Å². The summed E-state index contributed by atoms with van der Waals surface area (Å²) < 4.78 is 11.6. The number of methoxy groups -OCH3 is 2. The Morgan fingerprint density at radius 2 is 1.63 bits per heavy atom. The molecule has 7 nitrogen and oxygen atoms in total. The summed E-state index contributed by atoms with van der Waals surface area (Å²) in [5.41, 5.74) is 2.66. The van der Waals surface area contributed by atoms with Crippen LogP contribution in [0.25, 0.3) is 10.9 Å². The highest BCUT2D eigenvalue weighted by molar-refractivity contribution is 6.01. The number of para-hydroxylation sites is 1. The van der Waals surface area contributed by atoms with Crippen LogP contribution < -0.4 is 15.6 Å². The standard InChI is InChI=1S/C28H26N2O5/c1-34-22-15-14-20-16-21(13-12-19-8-4-3-5-9-19)27(32)30(25(20)17-22)18-26(31)29-24-11-7-6-10-23(24)28(33)35-2/h3-11,14-17H,12-13,18H2,1-2H3,(H,29,31). The molecule has 0 bridgehead atoms. The number of ether oxygens (including phenoxy) is 2. The Balaban J connectivity index is 1.68. The van der Waals surface area contributed by atoms with E-state index in [1.807, 2.05) is 48.5 Å². The molecule has 7 heteroatoms. The maximum Gasteiger partial charge on any atom is 0.339 e. The number of rotatable bonds is 8. The number of carbonyl (C=O) groups excluding carboxylic acids is 2. The number of nitrogens with zero attached hydrogens (tertiary/aromatic N) is 1. The lowest BCUT2D eigenvalue weighted by molar-refractivity contribution is -0.116. The highest BCUT2D eigenvalue weighted by atomic mass is 16.5. The average molecular weight is 471 g/mol. The smallest absolute Gasteiger partial charge is 0.339 e. The molecule has 35 heavy (non-hydrogen) atoms. The van der Waals surface area contributed by atoms with Crippen molar-refractivity contribution in [1.29, 1.82) is 0 Å². The van der Waals surface area contributed by atoms with Crippen molar-refractivity contribution in [3.63, 3.8) is 0 Å². The topological polar surface area (TPSA) is 86.6 Å². The predicted octanol–water partition coefficient (Wildman–Crippen LogP) is 4.22. The summed E-state index contributed by atoms with van der Waals surface area (Å²) in [6, 6.07) is 23.8. The lowest BCUT2D eigenvalue weighted by atomic mass is 10.0. The molecule has 4 aromatic rings. The van der Waals surface area contributed by atoms with Crippen molar-refractivity contribution in [3.8, 4) is 5.75 Å². The molecule has 0 unspecified atom stereocenters. The van der Waals surface area contributed by atoms with Gasteiger partial charge in [0.05, 0.1) is 31.0 Å². The van der Waals surface area contributed by atoms with Gasteiger partial charge in [0.2, 0.25) is 5.91 Å². The molecule has 1 amide bonds. The molecule has 1 heterocycles. The van der Waals surface area contributed by atoms with Crippen LogP contribution in [0.15, 0.2) is 83.7 Å². The molecule has 1 N–H and O–H groups in total. The SMILES string of the molecule is COC(=O)c1ccccc1NC(=O)Cn1c(=O)c(CCc2ccccc2)cc2ccc(OC)cc21. The number of hydrogen-bond donors (Lipinski definition) is 1. The quantitative estimate of drug-likeness (QED) is 0.390. The molecule has 0 saturated heterocycles. The minimum atomic E-state index is -0.559. The van der Waals surface area contributed by atoms with E-state index in [0.717, 1.165) is 10.9 Å². The third-order valence-electron chi connectivity index (χ3n) is 5.81. The van der Waals surface area contributed by atoms with Crippen LogP contribution in [0.3, 0.4) is 0 Å². The van der Waals surface area contributed by atoms with Gasteiger partial charge in [-0.1, -0.05) is 42.5 Å². The van der Waals surface area contributed by atoms with Crippen LogP contribution in [0.4, 0.5) is 5.69 Å². The minimum absolute atomic E-state index is 0.225. The molecule has 0 atom stereocenters. The predicted molar refractivity (Wildman–Crippen MR) is 135 cm³/mol. The van der Waals surface area contributed by atoms with Gasteiger partial charge >= 0.3 is 5.97 Å². The fourth-order valence-corrected chi connectivity index (χ4v) is 4.01. The van der Waals surface area contributed by atoms with E-state index in [4.69, 9.17) is 9.47 Å². The number of benzene rings is 3. The number of amides is 1. The lowest BCUT2D eigenvalue weighted by Gasteiger charge is -2.15. The Labute approximate surface area is 202 Å². The molecule has 0 aliphatic heterocycles. The molecule has 178 valence electrons. The van der Waals surface area contributed by atoms with Crippen molar-refractivity contribution in [1.82, 2.24) is 4.57 Å². The Hall–Kier alpha value is -4.39. The molecule has 0 aliphatic carbocycles. The monoisotopic (exact) mass is 470 g/mol. The van der Waals surface area contributed by atoms with Crippen LogP contribution in [0.2, 0.25) is 0 Å². The number of fused-ring (bicyclic) bond motifs is 1. The fourth-order valence-electron chi connectivity index (χ4n) is 4.01. The summed E-state index contributed by atoms with van der Waals surface area (Å²) in [4.78, 5) is 38.6. The second kappa shape index (κ2) is 10.7. The maximum absolute atomic E-state index is 13.5. The largest absolute Gasteiger partial charge is 0.497 e. The zero-order valence-electron chi connectivity index (χ0n) is 19.6. The van der Waals surface area contributed by atoms with E-state index in [2.05, 4.69) is 5.32 Å². The summed E-state index contributed by atoms with van der Waals surface area (Å²) in [6.07, 6.45) is 1.24. The number of aryl methyl sites for hydroxylation is 2. The van der Waals surface area contributed by atoms with Crippen molar-refractivity contribution in [2.45, 2.75) is 19.4 Å². The number of hydrogen-bond acceptors (Lipinski definition) is 5. The summed E-state index contributed by atoms with van der Waals surface area (Å²) in [5.74, 6) is -0.414. The molecular weight excluding hydrogens is 444 g/mol. The van der Waals surface area contributed by atoms with Crippen molar-refractivity contribution >= 4 is 28.5 Å². The molecule has 0 radical (unpaired) electrons. The second-order valence-electron chi connectivity index (χ2n) is 8.06. The number of carbonyl (C=O) groups is 2. The molecule has 3 aromatic carbocycles. The number of nitrogens with one attached hydrogen (secondary N) is 1. The first-order valence-corrected chi connectivity index (χ1v) is 11.2. The average Bonchev–Trinajstić information content (AvgIpc) is 2.89. The number of aromatic nitrogens is 1. The Morgan fingerprint density at radius 3 is 2.37 bits per heavy atom. The molecular formula is C28H26N2O5. The van der Waals surface area contributed by atoms with E-state index < -0.39 is 11.9 Å². The van der Waals surface area contributed by atoms with Gasteiger partial charge in [0.25, 0.3) is 5.56 Å². The first kappa shape index (κ1) is 23.8. The third-order valence-corrected chi connectivity index (χ3v) is 5.81. The van der Waals surface area contributed by atoms with Gasteiger partial charge in [0, 0.05) is 11.6 Å². The maximum atomic E-state index is 13.5. The van der Waals surface area contributed by atoms with Crippen LogP contribution in [0.1, 0.15) is 21.5 Å². The molecule has 4 rings (SSSR count). The van der Waals surface area contributed by atoms with Crippen molar-refractivity contribution < 1.29 is 19.1 Å². The lowest BCUT2D eigenvalue weighted by Crippen LogP contribution is -2.30. The van der Waals surface area contributed by atoms with Gasteiger partial charge in [-0.15, -0.1) is 0 Å². The van der Waals surface area contributed by atoms with Gasteiger partial charge in [0.15, 0.2) is 0 Å². The summed E-state index contributed by atoms with van der Waals surface area (Å²) >= 11 is 0. The zero-order chi connectivity index (χ0) is 24.8. The normalized spacial score (nSPS) is 10.7. The summed E-state index contributed by atoms with van der Waals surface area (Å²) in [6.45, 7) is -0.225. The van der Waals surface area contributed by atoms with Crippen molar-refractivity contribution in [2.75, 3.05) is 19.5 Å². The van der Waals surface area contributed by atoms with Gasteiger partial charge in [-0.25, -0.2) is 4.79 Å². The Kier molecular flexibility index (Phi) is 7.26. The first-order valence-electron chi connectivity index (χ1n) is 11.2. The van der Waals surface area contributed by atoms with E-state index in [9.17, 15) is 14.4 Å². The highest BCUT2D eigenvalue weighted by Gasteiger charge is 2.17. The molecule has 0 saturated carbocycles. The van der Waals surface area contributed by atoms with E-state index >= 15 is 0 Å². The number of esters is 1. The van der Waals surface area contributed by atoms with Crippen LogP contribution >= 0.6 is 0 Å². The minimum Gasteiger partial charge on any atom is -0.497 e. The molecule has 1 aromatic heterocycles. The number of pyridine rings is 1. The Bertz CT molecular complexity index is 1430. The van der Waals surface area contributed by atoms with Crippen LogP contribution in [0.5, 0.6) is 5.75 Å². The third kappa shape index (κ3) is 5.41. The van der Waals surface area contributed by atoms with Gasteiger partial charge in [-0.2, -0.15) is 0 Å². The zero-order valence-corrected chi connectivity index (χ0v) is 19.6.